The first-order valence-corrected chi connectivity index (χ1v) is 8.33. The molecule has 0 aliphatic heterocycles. The molecule has 0 saturated heterocycles. The number of aryl methyl sites for hydroxylation is 2. The second kappa shape index (κ2) is 6.94. The molecule has 21 heavy (non-hydrogen) atoms. The highest BCUT2D eigenvalue weighted by molar-refractivity contribution is 9.10. The van der Waals surface area contributed by atoms with Gasteiger partial charge in [-0.1, -0.05) is 28.9 Å². The van der Waals surface area contributed by atoms with Crippen LogP contribution in [0.2, 0.25) is 0 Å². The van der Waals surface area contributed by atoms with E-state index in [2.05, 4.69) is 43.9 Å². The van der Waals surface area contributed by atoms with Crippen LogP contribution in [0.15, 0.2) is 27.1 Å². The Hall–Kier alpha value is -0.850. The van der Waals surface area contributed by atoms with Gasteiger partial charge in [-0.05, 0) is 41.4 Å². The second-order valence-electron chi connectivity index (χ2n) is 4.83. The minimum atomic E-state index is -0.575. The second-order valence-corrected chi connectivity index (χ2v) is 6.54. The highest BCUT2D eigenvalue weighted by Crippen LogP contribution is 2.30. The van der Waals surface area contributed by atoms with Crippen LogP contribution >= 0.6 is 31.9 Å². The zero-order valence-electron chi connectivity index (χ0n) is 12.2. The number of benzene rings is 1. The van der Waals surface area contributed by atoms with Gasteiger partial charge in [0.2, 0.25) is 0 Å². The van der Waals surface area contributed by atoms with Crippen molar-refractivity contribution < 1.29 is 9.84 Å². The fourth-order valence-electron chi connectivity index (χ4n) is 2.10. The van der Waals surface area contributed by atoms with Crippen molar-refractivity contribution in [3.05, 3.63) is 44.1 Å². The highest BCUT2D eigenvalue weighted by atomic mass is 79.9. The normalized spacial score (nSPS) is 12.5. The number of nitrogens with zero attached hydrogens (tertiary/aromatic N) is 2. The minimum Gasteiger partial charge on any atom is -0.487 e. The van der Waals surface area contributed by atoms with Crippen molar-refractivity contribution in [2.24, 2.45) is 7.05 Å². The van der Waals surface area contributed by atoms with Crippen LogP contribution in [-0.4, -0.2) is 14.9 Å². The van der Waals surface area contributed by atoms with E-state index >= 15 is 0 Å². The molecule has 0 saturated carbocycles. The maximum Gasteiger partial charge on any atom is 0.131 e. The summed E-state index contributed by atoms with van der Waals surface area (Å²) >= 11 is 7.00. The van der Waals surface area contributed by atoms with E-state index < -0.39 is 6.10 Å². The summed E-state index contributed by atoms with van der Waals surface area (Å²) in [7, 11) is 1.90. The molecule has 0 aliphatic carbocycles. The first-order chi connectivity index (χ1) is 9.93. The SMILES string of the molecule is CCc1nn(C)c(COc2cc(Br)ccc2[C@H](C)O)c1Br. The van der Waals surface area contributed by atoms with Gasteiger partial charge in [0, 0.05) is 17.1 Å². The van der Waals surface area contributed by atoms with Crippen LogP contribution in [-0.2, 0) is 20.1 Å². The number of aromatic nitrogens is 2. The van der Waals surface area contributed by atoms with Crippen LogP contribution in [0, 0.1) is 0 Å². The number of ether oxygens (including phenoxy) is 1. The van der Waals surface area contributed by atoms with Crippen molar-refractivity contribution in [2.45, 2.75) is 33.0 Å². The topological polar surface area (TPSA) is 47.3 Å². The average molecular weight is 418 g/mol. The summed E-state index contributed by atoms with van der Waals surface area (Å²) in [5.41, 5.74) is 2.76. The number of rotatable bonds is 5. The van der Waals surface area contributed by atoms with Crippen LogP contribution in [0.25, 0.3) is 0 Å². The first kappa shape index (κ1) is 16.5. The molecule has 2 rings (SSSR count). The van der Waals surface area contributed by atoms with Crippen molar-refractivity contribution in [3.63, 3.8) is 0 Å². The molecule has 2 aromatic rings. The van der Waals surface area contributed by atoms with Crippen molar-refractivity contribution in [1.82, 2.24) is 9.78 Å². The van der Waals surface area contributed by atoms with Crippen LogP contribution in [0.3, 0.4) is 0 Å². The quantitative estimate of drug-likeness (QED) is 0.795. The summed E-state index contributed by atoms with van der Waals surface area (Å²) in [5.74, 6) is 0.672. The summed E-state index contributed by atoms with van der Waals surface area (Å²) in [6.07, 6.45) is 0.291. The lowest BCUT2D eigenvalue weighted by molar-refractivity contribution is 0.189. The summed E-state index contributed by atoms with van der Waals surface area (Å²) in [6.45, 7) is 4.18. The number of hydrogen-bond acceptors (Lipinski definition) is 3. The molecule has 0 unspecified atom stereocenters. The van der Waals surface area contributed by atoms with Gasteiger partial charge in [0.05, 0.1) is 22.0 Å². The predicted octanol–water partition coefficient (Wildman–Crippen LogP) is 4.14. The van der Waals surface area contributed by atoms with Crippen LogP contribution in [0.1, 0.15) is 36.9 Å². The molecule has 0 aliphatic rings. The van der Waals surface area contributed by atoms with E-state index in [1.165, 1.54) is 0 Å². The highest BCUT2D eigenvalue weighted by Gasteiger charge is 2.15. The smallest absolute Gasteiger partial charge is 0.131 e. The molecule has 1 N–H and O–H groups in total. The van der Waals surface area contributed by atoms with E-state index in [1.807, 2.05) is 29.9 Å². The molecule has 4 nitrogen and oxygen atoms in total. The monoisotopic (exact) mass is 416 g/mol. The van der Waals surface area contributed by atoms with Gasteiger partial charge in [0.15, 0.2) is 0 Å². The molecule has 0 radical (unpaired) electrons. The first-order valence-electron chi connectivity index (χ1n) is 6.74. The molecule has 0 amide bonds. The Labute approximate surface area is 141 Å². The van der Waals surface area contributed by atoms with Gasteiger partial charge in [0.1, 0.15) is 12.4 Å². The summed E-state index contributed by atoms with van der Waals surface area (Å²) in [5, 5.41) is 14.3. The van der Waals surface area contributed by atoms with Gasteiger partial charge in [-0.3, -0.25) is 4.68 Å². The van der Waals surface area contributed by atoms with Crippen molar-refractivity contribution in [2.75, 3.05) is 0 Å². The van der Waals surface area contributed by atoms with E-state index in [4.69, 9.17) is 4.74 Å². The maximum absolute atomic E-state index is 9.82. The third-order valence-electron chi connectivity index (χ3n) is 3.29. The third kappa shape index (κ3) is 3.67. The molecule has 1 aromatic heterocycles. The molecular weight excluding hydrogens is 400 g/mol. The molecule has 0 fully saturated rings. The molecule has 6 heteroatoms. The zero-order chi connectivity index (χ0) is 15.6. The molecule has 1 aromatic carbocycles. The van der Waals surface area contributed by atoms with Crippen LogP contribution in [0.5, 0.6) is 5.75 Å². The van der Waals surface area contributed by atoms with E-state index in [0.717, 1.165) is 32.3 Å². The lowest BCUT2D eigenvalue weighted by Crippen LogP contribution is -2.06. The Morgan fingerprint density at radius 2 is 2.10 bits per heavy atom. The van der Waals surface area contributed by atoms with E-state index in [1.54, 1.807) is 6.92 Å². The Bertz CT molecular complexity index is 639. The molecule has 0 spiro atoms. The lowest BCUT2D eigenvalue weighted by atomic mass is 10.1. The van der Waals surface area contributed by atoms with Crippen molar-refractivity contribution in [3.8, 4) is 5.75 Å². The molecule has 0 bridgehead atoms. The Morgan fingerprint density at radius 3 is 2.67 bits per heavy atom. The van der Waals surface area contributed by atoms with E-state index in [9.17, 15) is 5.11 Å². The molecule has 1 heterocycles. The lowest BCUT2D eigenvalue weighted by Gasteiger charge is -2.14. The number of hydrogen-bond donors (Lipinski definition) is 1. The van der Waals surface area contributed by atoms with Gasteiger partial charge in [-0.2, -0.15) is 5.10 Å². The van der Waals surface area contributed by atoms with Crippen LogP contribution < -0.4 is 4.74 Å². The summed E-state index contributed by atoms with van der Waals surface area (Å²) in [4.78, 5) is 0. The average Bonchev–Trinajstić information content (AvgIpc) is 2.71. The molecular formula is C15H18Br2N2O2. The molecule has 114 valence electrons. The van der Waals surface area contributed by atoms with Crippen molar-refractivity contribution >= 4 is 31.9 Å². The Morgan fingerprint density at radius 1 is 1.38 bits per heavy atom. The number of aliphatic hydroxyl groups excluding tert-OH is 1. The number of aliphatic hydroxyl groups is 1. The maximum atomic E-state index is 9.82. The zero-order valence-corrected chi connectivity index (χ0v) is 15.4. The third-order valence-corrected chi connectivity index (χ3v) is 4.70. The van der Waals surface area contributed by atoms with E-state index in [0.29, 0.717) is 12.4 Å². The largest absolute Gasteiger partial charge is 0.487 e. The minimum absolute atomic E-state index is 0.389. The van der Waals surface area contributed by atoms with Gasteiger partial charge in [0.25, 0.3) is 0 Å². The van der Waals surface area contributed by atoms with Gasteiger partial charge >= 0.3 is 0 Å². The Kier molecular flexibility index (Phi) is 5.46. The number of halogens is 2. The van der Waals surface area contributed by atoms with Gasteiger partial charge in [-0.15, -0.1) is 0 Å². The van der Waals surface area contributed by atoms with Gasteiger partial charge in [-0.25, -0.2) is 0 Å². The van der Waals surface area contributed by atoms with Gasteiger partial charge < -0.3 is 9.84 Å². The molecule has 1 atom stereocenters. The summed E-state index contributed by atoms with van der Waals surface area (Å²) < 4.78 is 9.63. The van der Waals surface area contributed by atoms with E-state index in [-0.39, 0.29) is 0 Å². The predicted molar refractivity (Wildman–Crippen MR) is 89.4 cm³/mol. The fourth-order valence-corrected chi connectivity index (χ4v) is 3.17. The van der Waals surface area contributed by atoms with Crippen molar-refractivity contribution in [1.29, 1.82) is 0 Å². The standard InChI is InChI=1S/C15H18Br2N2O2/c1-4-12-15(17)13(19(3)18-12)8-21-14-7-10(16)5-6-11(14)9(2)20/h5-7,9,20H,4,8H2,1-3H3/t9-/m0/s1. The van der Waals surface area contributed by atoms with Crippen LogP contribution in [0.4, 0.5) is 0 Å². The summed E-state index contributed by atoms with van der Waals surface area (Å²) in [6, 6.07) is 5.62. The fraction of sp³-hybridized carbons (Fsp3) is 0.400. The Balaban J connectivity index is 2.24.